The van der Waals surface area contributed by atoms with Crippen molar-refractivity contribution < 1.29 is 0 Å². The Morgan fingerprint density at radius 1 is 0.808 bits per heavy atom. The van der Waals surface area contributed by atoms with E-state index in [1.807, 2.05) is 53.1 Å². The molecule has 4 aromatic rings. The first kappa shape index (κ1) is 15.2. The smallest absolute Gasteiger partial charge is 0.259 e. The fraction of sp³-hybridized carbons (Fsp3) is 0.125. The Balaban J connectivity index is 2.02. The van der Waals surface area contributed by atoms with Crippen molar-refractivity contribution in [3.8, 4) is 22.3 Å². The highest BCUT2D eigenvalue weighted by atomic mass is 16.1. The van der Waals surface area contributed by atoms with Crippen LogP contribution in [0.15, 0.2) is 77.6 Å². The second kappa shape index (κ2) is 5.70. The summed E-state index contributed by atoms with van der Waals surface area (Å²) >= 11 is 0. The molecule has 2 heteroatoms. The Bertz CT molecular complexity index is 1190. The molecule has 0 amide bonds. The summed E-state index contributed by atoms with van der Waals surface area (Å²) in [6.45, 7) is 2.91. The molecule has 0 spiro atoms. The molecule has 26 heavy (non-hydrogen) atoms. The van der Waals surface area contributed by atoms with Crippen LogP contribution in [0.5, 0.6) is 0 Å². The molecule has 2 nitrogen and oxygen atoms in total. The van der Waals surface area contributed by atoms with Gasteiger partial charge in [0.25, 0.3) is 5.56 Å². The number of pyridine rings is 1. The molecule has 1 aliphatic rings. The Morgan fingerprint density at radius 2 is 1.42 bits per heavy atom. The van der Waals surface area contributed by atoms with E-state index in [2.05, 4.69) is 31.2 Å². The van der Waals surface area contributed by atoms with Crippen molar-refractivity contribution in [2.45, 2.75) is 19.9 Å². The number of nitrogens with zero attached hydrogens (tertiary/aromatic N) is 1. The van der Waals surface area contributed by atoms with E-state index in [0.29, 0.717) is 0 Å². The molecule has 0 saturated carbocycles. The Kier molecular flexibility index (Phi) is 3.32. The lowest BCUT2D eigenvalue weighted by Crippen LogP contribution is -2.21. The zero-order valence-corrected chi connectivity index (χ0v) is 14.7. The summed E-state index contributed by atoms with van der Waals surface area (Å²) in [7, 11) is 0. The van der Waals surface area contributed by atoms with Crippen LogP contribution >= 0.6 is 0 Å². The monoisotopic (exact) mass is 337 g/mol. The van der Waals surface area contributed by atoms with Gasteiger partial charge >= 0.3 is 0 Å². The maximum Gasteiger partial charge on any atom is 0.259 e. The first-order chi connectivity index (χ1) is 12.7. The third-order valence-electron chi connectivity index (χ3n) is 5.31. The zero-order valence-electron chi connectivity index (χ0n) is 14.7. The van der Waals surface area contributed by atoms with Crippen LogP contribution in [0.1, 0.15) is 11.1 Å². The van der Waals surface area contributed by atoms with Crippen LogP contribution in [0.4, 0.5) is 0 Å². The van der Waals surface area contributed by atoms with E-state index in [1.165, 1.54) is 16.5 Å². The minimum Gasteiger partial charge on any atom is -0.307 e. The molecule has 1 aromatic heterocycles. The van der Waals surface area contributed by atoms with Crippen LogP contribution in [-0.4, -0.2) is 4.57 Å². The second-order valence-corrected chi connectivity index (χ2v) is 7.01. The van der Waals surface area contributed by atoms with E-state index < -0.39 is 0 Å². The molecule has 3 aromatic carbocycles. The van der Waals surface area contributed by atoms with Gasteiger partial charge < -0.3 is 4.57 Å². The lowest BCUT2D eigenvalue weighted by molar-refractivity contribution is 0.743. The minimum atomic E-state index is 0.116. The van der Waals surface area contributed by atoms with Gasteiger partial charge in [0.2, 0.25) is 0 Å². The summed E-state index contributed by atoms with van der Waals surface area (Å²) in [5.41, 5.74) is 7.70. The summed E-state index contributed by atoms with van der Waals surface area (Å²) in [6, 6.07) is 24.8. The third kappa shape index (κ3) is 2.15. The molecule has 0 saturated heterocycles. The molecule has 0 unspecified atom stereocenters. The van der Waals surface area contributed by atoms with Gasteiger partial charge in [0, 0.05) is 17.5 Å². The maximum atomic E-state index is 13.5. The van der Waals surface area contributed by atoms with Crippen molar-refractivity contribution in [3.05, 3.63) is 94.3 Å². The SMILES string of the molecule is Cc1cc2c3c(c1)c(-c1ccccc1)c(-c1ccccc1)c(=O)n3CC2. The minimum absolute atomic E-state index is 0.116. The van der Waals surface area contributed by atoms with Crippen LogP contribution < -0.4 is 5.56 Å². The summed E-state index contributed by atoms with van der Waals surface area (Å²) < 4.78 is 1.97. The standard InChI is InChI=1S/C24H19NO/c1-16-14-19-12-13-25-23(19)20(15-16)21(17-8-4-2-5-9-17)22(24(25)26)18-10-6-3-7-11-18/h2-11,14-15H,12-13H2,1H3. The molecule has 1 aliphatic heterocycles. The van der Waals surface area contributed by atoms with E-state index in [9.17, 15) is 4.79 Å². The molecule has 0 aliphatic carbocycles. The quantitative estimate of drug-likeness (QED) is 0.493. The molecule has 0 N–H and O–H groups in total. The van der Waals surface area contributed by atoms with Gasteiger partial charge in [-0.2, -0.15) is 0 Å². The van der Waals surface area contributed by atoms with Crippen LogP contribution in [0, 0.1) is 6.92 Å². The van der Waals surface area contributed by atoms with Crippen molar-refractivity contribution in [1.29, 1.82) is 0 Å². The van der Waals surface area contributed by atoms with Gasteiger partial charge in [-0.1, -0.05) is 72.3 Å². The Labute approximate surface area is 152 Å². The molecular weight excluding hydrogens is 318 g/mol. The lowest BCUT2D eigenvalue weighted by Gasteiger charge is -2.17. The van der Waals surface area contributed by atoms with Crippen molar-refractivity contribution in [3.63, 3.8) is 0 Å². The summed E-state index contributed by atoms with van der Waals surface area (Å²) in [6.07, 6.45) is 0.930. The molecular formula is C24H19NO. The lowest BCUT2D eigenvalue weighted by atomic mass is 9.91. The average molecular weight is 337 g/mol. The largest absolute Gasteiger partial charge is 0.307 e. The highest BCUT2D eigenvalue weighted by Gasteiger charge is 2.24. The molecule has 0 atom stereocenters. The molecule has 0 radical (unpaired) electrons. The predicted molar refractivity (Wildman–Crippen MR) is 108 cm³/mol. The molecule has 126 valence electrons. The van der Waals surface area contributed by atoms with E-state index in [-0.39, 0.29) is 5.56 Å². The van der Waals surface area contributed by atoms with Gasteiger partial charge in [0.1, 0.15) is 0 Å². The van der Waals surface area contributed by atoms with E-state index >= 15 is 0 Å². The first-order valence-electron chi connectivity index (χ1n) is 9.05. The average Bonchev–Trinajstić information content (AvgIpc) is 3.10. The van der Waals surface area contributed by atoms with Gasteiger partial charge in [-0.3, -0.25) is 4.79 Å². The Hall–Kier alpha value is -3.13. The third-order valence-corrected chi connectivity index (χ3v) is 5.31. The molecule has 2 heterocycles. The molecule has 0 fully saturated rings. The van der Waals surface area contributed by atoms with E-state index in [1.54, 1.807) is 0 Å². The van der Waals surface area contributed by atoms with Crippen LogP contribution in [0.3, 0.4) is 0 Å². The topological polar surface area (TPSA) is 22.0 Å². The van der Waals surface area contributed by atoms with Crippen LogP contribution in [-0.2, 0) is 13.0 Å². The highest BCUT2D eigenvalue weighted by Crippen LogP contribution is 2.39. The first-order valence-corrected chi connectivity index (χ1v) is 9.05. The molecule has 0 bridgehead atoms. The van der Waals surface area contributed by atoms with Gasteiger partial charge in [0.05, 0.1) is 11.1 Å². The zero-order chi connectivity index (χ0) is 17.7. The molecule has 5 rings (SSSR count). The summed E-state index contributed by atoms with van der Waals surface area (Å²) in [5, 5.41) is 1.18. The summed E-state index contributed by atoms with van der Waals surface area (Å²) in [5.74, 6) is 0. The second-order valence-electron chi connectivity index (χ2n) is 7.01. The van der Waals surface area contributed by atoms with Crippen molar-refractivity contribution in [2.24, 2.45) is 0 Å². The van der Waals surface area contributed by atoms with Crippen molar-refractivity contribution in [1.82, 2.24) is 4.57 Å². The Morgan fingerprint density at radius 3 is 2.08 bits per heavy atom. The highest BCUT2D eigenvalue weighted by molar-refractivity contribution is 6.04. The number of hydrogen-bond donors (Lipinski definition) is 0. The van der Waals surface area contributed by atoms with E-state index in [0.717, 1.165) is 40.7 Å². The van der Waals surface area contributed by atoms with Gasteiger partial charge in [-0.25, -0.2) is 0 Å². The van der Waals surface area contributed by atoms with Gasteiger partial charge in [-0.15, -0.1) is 0 Å². The van der Waals surface area contributed by atoms with Gasteiger partial charge in [-0.05, 0) is 36.1 Å². The number of hydrogen-bond acceptors (Lipinski definition) is 1. The van der Waals surface area contributed by atoms with Crippen LogP contribution in [0.25, 0.3) is 33.2 Å². The number of rotatable bonds is 2. The number of aromatic nitrogens is 1. The van der Waals surface area contributed by atoms with Gasteiger partial charge in [0.15, 0.2) is 0 Å². The summed E-state index contributed by atoms with van der Waals surface area (Å²) in [4.78, 5) is 13.5. The fourth-order valence-corrected chi connectivity index (χ4v) is 4.25. The van der Waals surface area contributed by atoms with Crippen molar-refractivity contribution in [2.75, 3.05) is 0 Å². The fourth-order valence-electron chi connectivity index (χ4n) is 4.25. The maximum absolute atomic E-state index is 13.5. The number of aryl methyl sites for hydroxylation is 3. The predicted octanol–water partition coefficient (Wildman–Crippen LogP) is 5.20. The van der Waals surface area contributed by atoms with Crippen LogP contribution in [0.2, 0.25) is 0 Å². The normalized spacial score (nSPS) is 12.7. The van der Waals surface area contributed by atoms with E-state index in [4.69, 9.17) is 0 Å². The van der Waals surface area contributed by atoms with Crippen molar-refractivity contribution >= 4 is 10.9 Å². The number of benzene rings is 3.